The van der Waals surface area contributed by atoms with Crippen molar-refractivity contribution in [2.24, 2.45) is 0 Å². The van der Waals surface area contributed by atoms with Gasteiger partial charge in [0, 0.05) is 11.0 Å². The van der Waals surface area contributed by atoms with Crippen molar-refractivity contribution in [1.29, 1.82) is 0 Å². The lowest BCUT2D eigenvalue weighted by Gasteiger charge is -2.03. The van der Waals surface area contributed by atoms with Gasteiger partial charge in [-0.1, -0.05) is 28.1 Å². The monoisotopic (exact) mass is 343 g/mol. The molecule has 1 aromatic heterocycles. The third-order valence-electron chi connectivity index (χ3n) is 2.15. The van der Waals surface area contributed by atoms with Crippen molar-refractivity contribution in [3.05, 3.63) is 56.9 Å². The van der Waals surface area contributed by atoms with Gasteiger partial charge < -0.3 is 9.73 Å². The van der Waals surface area contributed by atoms with Crippen molar-refractivity contribution in [3.63, 3.8) is 0 Å². The van der Waals surface area contributed by atoms with Crippen LogP contribution < -0.4 is 5.32 Å². The van der Waals surface area contributed by atoms with Gasteiger partial charge in [-0.25, -0.2) is 0 Å². The predicted molar refractivity (Wildman–Crippen MR) is 71.1 cm³/mol. The third-order valence-corrected chi connectivity index (χ3v) is 3.07. The zero-order valence-electron chi connectivity index (χ0n) is 8.54. The fourth-order valence-electron chi connectivity index (χ4n) is 1.42. The highest BCUT2D eigenvalue weighted by molar-refractivity contribution is 9.10. The van der Waals surface area contributed by atoms with Crippen LogP contribution in [0.5, 0.6) is 0 Å². The second-order valence-corrected chi connectivity index (χ2v) is 5.14. The first-order valence-electron chi connectivity index (χ1n) is 4.93. The zero-order valence-corrected chi connectivity index (χ0v) is 11.7. The van der Waals surface area contributed by atoms with Crippen LogP contribution in [0.3, 0.4) is 0 Å². The van der Waals surface area contributed by atoms with E-state index in [0.717, 1.165) is 28.0 Å². The van der Waals surface area contributed by atoms with Gasteiger partial charge in [0.2, 0.25) is 0 Å². The summed E-state index contributed by atoms with van der Waals surface area (Å²) in [7, 11) is 0. The minimum Gasteiger partial charge on any atom is -0.453 e. The number of nitrogens with one attached hydrogen (secondary N) is 1. The Morgan fingerprint density at radius 3 is 2.62 bits per heavy atom. The SMILES string of the molecule is Brc1cccc(CNCc2ccc(Br)o2)c1. The van der Waals surface area contributed by atoms with Crippen molar-refractivity contribution < 1.29 is 4.42 Å². The first-order chi connectivity index (χ1) is 7.74. The first-order valence-corrected chi connectivity index (χ1v) is 6.52. The van der Waals surface area contributed by atoms with E-state index >= 15 is 0 Å². The number of halogens is 2. The van der Waals surface area contributed by atoms with Crippen molar-refractivity contribution in [2.45, 2.75) is 13.1 Å². The number of furan rings is 1. The molecule has 1 N–H and O–H groups in total. The molecule has 0 aliphatic carbocycles. The molecule has 0 saturated heterocycles. The molecule has 0 spiro atoms. The lowest BCUT2D eigenvalue weighted by molar-refractivity contribution is 0.465. The summed E-state index contributed by atoms with van der Waals surface area (Å²) in [6.07, 6.45) is 0. The summed E-state index contributed by atoms with van der Waals surface area (Å²) in [5, 5.41) is 3.32. The Morgan fingerprint density at radius 2 is 1.94 bits per heavy atom. The molecule has 2 aromatic rings. The molecule has 2 nitrogen and oxygen atoms in total. The van der Waals surface area contributed by atoms with Crippen LogP contribution in [0.2, 0.25) is 0 Å². The van der Waals surface area contributed by atoms with E-state index in [1.165, 1.54) is 5.56 Å². The van der Waals surface area contributed by atoms with Gasteiger partial charge in [0.15, 0.2) is 4.67 Å². The maximum absolute atomic E-state index is 5.39. The van der Waals surface area contributed by atoms with Gasteiger partial charge in [-0.2, -0.15) is 0 Å². The van der Waals surface area contributed by atoms with Gasteiger partial charge in [0.1, 0.15) is 5.76 Å². The van der Waals surface area contributed by atoms with Crippen LogP contribution in [-0.4, -0.2) is 0 Å². The van der Waals surface area contributed by atoms with Crippen LogP contribution in [0.25, 0.3) is 0 Å². The number of rotatable bonds is 4. The molecular formula is C12H11Br2NO. The first kappa shape index (κ1) is 11.9. The molecule has 0 bridgehead atoms. The highest BCUT2D eigenvalue weighted by Crippen LogP contribution is 2.14. The van der Waals surface area contributed by atoms with Crippen molar-refractivity contribution in [3.8, 4) is 0 Å². The fraction of sp³-hybridized carbons (Fsp3) is 0.167. The highest BCUT2D eigenvalue weighted by Gasteiger charge is 1.99. The summed E-state index contributed by atoms with van der Waals surface area (Å²) >= 11 is 6.73. The second-order valence-electron chi connectivity index (χ2n) is 3.44. The molecule has 1 aromatic carbocycles. The van der Waals surface area contributed by atoms with Crippen LogP contribution >= 0.6 is 31.9 Å². The van der Waals surface area contributed by atoms with Crippen LogP contribution in [0.4, 0.5) is 0 Å². The zero-order chi connectivity index (χ0) is 11.4. The summed E-state index contributed by atoms with van der Waals surface area (Å²) in [6, 6.07) is 12.1. The Labute approximate surface area is 111 Å². The van der Waals surface area contributed by atoms with E-state index in [0.29, 0.717) is 0 Å². The molecule has 1 heterocycles. The molecule has 0 aliphatic heterocycles. The minimum absolute atomic E-state index is 0.734. The molecular weight excluding hydrogens is 334 g/mol. The molecule has 16 heavy (non-hydrogen) atoms. The van der Waals surface area contributed by atoms with E-state index in [1.807, 2.05) is 24.3 Å². The molecule has 2 rings (SSSR count). The Balaban J connectivity index is 1.84. The minimum atomic E-state index is 0.734. The molecule has 0 aliphatic rings. The Hall–Kier alpha value is -0.580. The summed E-state index contributed by atoms with van der Waals surface area (Å²) < 4.78 is 7.26. The summed E-state index contributed by atoms with van der Waals surface area (Å²) in [5.74, 6) is 0.932. The number of benzene rings is 1. The number of hydrogen-bond donors (Lipinski definition) is 1. The van der Waals surface area contributed by atoms with E-state index in [-0.39, 0.29) is 0 Å². The summed E-state index contributed by atoms with van der Waals surface area (Å²) in [5.41, 5.74) is 1.25. The molecule has 0 fully saturated rings. The third kappa shape index (κ3) is 3.47. The Bertz CT molecular complexity index is 468. The van der Waals surface area contributed by atoms with E-state index < -0.39 is 0 Å². The Kier molecular flexibility index (Phi) is 4.21. The van der Waals surface area contributed by atoms with E-state index in [9.17, 15) is 0 Å². The van der Waals surface area contributed by atoms with Gasteiger partial charge in [-0.3, -0.25) is 0 Å². The molecule has 84 valence electrons. The van der Waals surface area contributed by atoms with Crippen LogP contribution in [0, 0.1) is 0 Å². The lowest BCUT2D eigenvalue weighted by atomic mass is 10.2. The van der Waals surface area contributed by atoms with E-state index in [1.54, 1.807) is 0 Å². The van der Waals surface area contributed by atoms with E-state index in [4.69, 9.17) is 4.42 Å². The van der Waals surface area contributed by atoms with Crippen LogP contribution in [0.15, 0.2) is 50.0 Å². The summed E-state index contributed by atoms with van der Waals surface area (Å²) in [4.78, 5) is 0. The largest absolute Gasteiger partial charge is 0.453 e. The van der Waals surface area contributed by atoms with Gasteiger partial charge in [0.25, 0.3) is 0 Å². The van der Waals surface area contributed by atoms with Crippen molar-refractivity contribution in [1.82, 2.24) is 5.32 Å². The molecule has 0 radical (unpaired) electrons. The maximum atomic E-state index is 5.39. The molecule has 0 unspecified atom stereocenters. The molecule has 0 saturated carbocycles. The highest BCUT2D eigenvalue weighted by atomic mass is 79.9. The normalized spacial score (nSPS) is 10.6. The van der Waals surface area contributed by atoms with Crippen molar-refractivity contribution in [2.75, 3.05) is 0 Å². The van der Waals surface area contributed by atoms with Crippen LogP contribution in [0.1, 0.15) is 11.3 Å². The van der Waals surface area contributed by atoms with Crippen LogP contribution in [-0.2, 0) is 13.1 Å². The van der Waals surface area contributed by atoms with Gasteiger partial charge >= 0.3 is 0 Å². The number of hydrogen-bond acceptors (Lipinski definition) is 2. The predicted octanol–water partition coefficient (Wildman–Crippen LogP) is 4.09. The quantitative estimate of drug-likeness (QED) is 0.903. The summed E-state index contributed by atoms with van der Waals surface area (Å²) in [6.45, 7) is 1.57. The standard InChI is InChI=1S/C12H11Br2NO/c13-10-3-1-2-9(6-10)7-15-8-11-4-5-12(14)16-11/h1-6,15H,7-8H2. The molecule has 0 atom stereocenters. The van der Waals surface area contributed by atoms with Gasteiger partial charge in [-0.05, 0) is 45.8 Å². The molecule has 0 amide bonds. The molecule has 4 heteroatoms. The second kappa shape index (κ2) is 5.66. The average Bonchev–Trinajstić information content (AvgIpc) is 2.64. The van der Waals surface area contributed by atoms with Gasteiger partial charge in [0.05, 0.1) is 6.54 Å². The lowest BCUT2D eigenvalue weighted by Crippen LogP contribution is -2.11. The maximum Gasteiger partial charge on any atom is 0.169 e. The van der Waals surface area contributed by atoms with E-state index in [2.05, 4.69) is 49.3 Å². The van der Waals surface area contributed by atoms with Crippen molar-refractivity contribution >= 4 is 31.9 Å². The smallest absolute Gasteiger partial charge is 0.169 e. The van der Waals surface area contributed by atoms with Gasteiger partial charge in [-0.15, -0.1) is 0 Å². The average molecular weight is 345 g/mol. The Morgan fingerprint density at radius 1 is 1.06 bits per heavy atom. The fourth-order valence-corrected chi connectivity index (χ4v) is 2.21. The topological polar surface area (TPSA) is 25.2 Å².